The zero-order chi connectivity index (χ0) is 13.1. The van der Waals surface area contributed by atoms with Crippen LogP contribution in [0.1, 0.15) is 11.1 Å². The molecule has 0 radical (unpaired) electrons. The predicted octanol–water partition coefficient (Wildman–Crippen LogP) is 2.14. The average Bonchev–Trinajstić information content (AvgIpc) is 2.34. The molecule has 5 heteroatoms. The normalized spacial score (nSPS) is 20.9. The van der Waals surface area contributed by atoms with Gasteiger partial charge in [-0.2, -0.15) is 11.8 Å². The van der Waals surface area contributed by atoms with Gasteiger partial charge in [-0.1, -0.05) is 6.07 Å². The number of thioether (sulfide) groups is 1. The van der Waals surface area contributed by atoms with Crippen molar-refractivity contribution in [2.75, 3.05) is 18.1 Å². The molecule has 0 aromatic heterocycles. The van der Waals surface area contributed by atoms with E-state index in [1.807, 2.05) is 11.8 Å². The molecule has 98 valence electrons. The molecule has 0 bridgehead atoms. The molecule has 1 atom stereocenters. The van der Waals surface area contributed by atoms with Crippen molar-refractivity contribution in [3.63, 3.8) is 0 Å². The molecule has 1 aliphatic rings. The molecule has 0 amide bonds. The molecule has 1 aromatic rings. The molecular weight excluding hydrogens is 253 g/mol. The van der Waals surface area contributed by atoms with Gasteiger partial charge in [0.25, 0.3) is 0 Å². The van der Waals surface area contributed by atoms with Gasteiger partial charge in [0.15, 0.2) is 0 Å². The van der Waals surface area contributed by atoms with Crippen molar-refractivity contribution in [1.29, 1.82) is 0 Å². The molecule has 2 rings (SSSR count). The van der Waals surface area contributed by atoms with E-state index in [9.17, 15) is 14.3 Å². The minimum Gasteiger partial charge on any atom is -0.480 e. The van der Waals surface area contributed by atoms with E-state index >= 15 is 0 Å². The van der Waals surface area contributed by atoms with Crippen LogP contribution in [-0.2, 0) is 11.3 Å². The number of hydrogen-bond donors (Lipinski definition) is 1. The number of benzene rings is 1. The Morgan fingerprint density at radius 1 is 1.61 bits per heavy atom. The van der Waals surface area contributed by atoms with E-state index in [0.717, 1.165) is 23.4 Å². The highest BCUT2D eigenvalue weighted by atomic mass is 32.2. The Balaban J connectivity index is 2.15. The van der Waals surface area contributed by atoms with Crippen molar-refractivity contribution in [2.24, 2.45) is 0 Å². The number of carboxylic acid groups (broad SMARTS) is 1. The number of aliphatic carboxylic acids is 1. The SMILES string of the molecule is Cc1ccc(F)cc1CN1CCSCC1C(=O)O. The number of aryl methyl sites for hydroxylation is 1. The molecule has 1 aliphatic heterocycles. The zero-order valence-electron chi connectivity index (χ0n) is 10.2. The van der Waals surface area contributed by atoms with E-state index in [2.05, 4.69) is 0 Å². The lowest BCUT2D eigenvalue weighted by atomic mass is 10.1. The van der Waals surface area contributed by atoms with Crippen molar-refractivity contribution in [3.8, 4) is 0 Å². The van der Waals surface area contributed by atoms with Crippen molar-refractivity contribution in [2.45, 2.75) is 19.5 Å². The van der Waals surface area contributed by atoms with Gasteiger partial charge in [0.05, 0.1) is 0 Å². The topological polar surface area (TPSA) is 40.5 Å². The molecule has 1 fully saturated rings. The second-order valence-electron chi connectivity index (χ2n) is 4.47. The maximum Gasteiger partial charge on any atom is 0.321 e. The molecule has 3 nitrogen and oxygen atoms in total. The summed E-state index contributed by atoms with van der Waals surface area (Å²) in [5, 5.41) is 9.18. The van der Waals surface area contributed by atoms with Crippen LogP contribution in [0.15, 0.2) is 18.2 Å². The molecule has 1 heterocycles. The van der Waals surface area contributed by atoms with Gasteiger partial charge in [0.1, 0.15) is 11.9 Å². The number of carbonyl (C=O) groups is 1. The zero-order valence-corrected chi connectivity index (χ0v) is 11.0. The first-order chi connectivity index (χ1) is 8.58. The summed E-state index contributed by atoms with van der Waals surface area (Å²) >= 11 is 1.66. The van der Waals surface area contributed by atoms with Crippen molar-refractivity contribution in [3.05, 3.63) is 35.1 Å². The Kier molecular flexibility index (Phi) is 4.24. The molecule has 0 aliphatic carbocycles. The number of hydrogen-bond acceptors (Lipinski definition) is 3. The van der Waals surface area contributed by atoms with E-state index in [0.29, 0.717) is 12.3 Å². The van der Waals surface area contributed by atoms with Crippen molar-refractivity contribution < 1.29 is 14.3 Å². The lowest BCUT2D eigenvalue weighted by Gasteiger charge is -2.32. The number of halogens is 1. The van der Waals surface area contributed by atoms with Crippen LogP contribution in [0.2, 0.25) is 0 Å². The first kappa shape index (κ1) is 13.4. The van der Waals surface area contributed by atoms with Crippen LogP contribution >= 0.6 is 11.8 Å². The number of carboxylic acids is 1. The fourth-order valence-electron chi connectivity index (χ4n) is 2.08. The molecule has 1 unspecified atom stereocenters. The van der Waals surface area contributed by atoms with Crippen LogP contribution in [0.4, 0.5) is 4.39 Å². The minimum atomic E-state index is -0.795. The fourth-order valence-corrected chi connectivity index (χ4v) is 3.19. The summed E-state index contributed by atoms with van der Waals surface area (Å²) in [6.45, 7) is 3.15. The third kappa shape index (κ3) is 3.03. The molecular formula is C13H16FNO2S. The molecule has 1 N–H and O–H groups in total. The van der Waals surface area contributed by atoms with Crippen LogP contribution in [-0.4, -0.2) is 40.1 Å². The molecule has 18 heavy (non-hydrogen) atoms. The Bertz CT molecular complexity index is 453. The summed E-state index contributed by atoms with van der Waals surface area (Å²) in [7, 11) is 0. The Morgan fingerprint density at radius 2 is 2.39 bits per heavy atom. The maximum absolute atomic E-state index is 13.2. The second-order valence-corrected chi connectivity index (χ2v) is 5.62. The van der Waals surface area contributed by atoms with Crippen molar-refractivity contribution in [1.82, 2.24) is 4.90 Å². The largest absolute Gasteiger partial charge is 0.480 e. The van der Waals surface area contributed by atoms with Crippen molar-refractivity contribution >= 4 is 17.7 Å². The van der Waals surface area contributed by atoms with Crippen LogP contribution in [0.3, 0.4) is 0 Å². The predicted molar refractivity (Wildman–Crippen MR) is 70.3 cm³/mol. The van der Waals surface area contributed by atoms with Gasteiger partial charge in [0, 0.05) is 24.6 Å². The van der Waals surface area contributed by atoms with Gasteiger partial charge in [-0.05, 0) is 30.2 Å². The van der Waals surface area contributed by atoms with E-state index in [4.69, 9.17) is 0 Å². The van der Waals surface area contributed by atoms with Crippen LogP contribution in [0.5, 0.6) is 0 Å². The molecule has 1 saturated heterocycles. The van der Waals surface area contributed by atoms with Gasteiger partial charge < -0.3 is 5.11 Å². The van der Waals surface area contributed by atoms with Gasteiger partial charge in [-0.3, -0.25) is 9.69 Å². The highest BCUT2D eigenvalue weighted by Crippen LogP contribution is 2.21. The van der Waals surface area contributed by atoms with Crippen LogP contribution < -0.4 is 0 Å². The highest BCUT2D eigenvalue weighted by Gasteiger charge is 2.28. The standard InChI is InChI=1S/C13H16FNO2S/c1-9-2-3-11(14)6-10(9)7-15-4-5-18-8-12(15)13(16)17/h2-3,6,12H,4-5,7-8H2,1H3,(H,16,17). The molecule has 0 spiro atoms. The average molecular weight is 269 g/mol. The highest BCUT2D eigenvalue weighted by molar-refractivity contribution is 7.99. The van der Waals surface area contributed by atoms with Crippen LogP contribution in [0.25, 0.3) is 0 Å². The van der Waals surface area contributed by atoms with E-state index in [1.54, 1.807) is 17.8 Å². The van der Waals surface area contributed by atoms with Gasteiger partial charge in [0.2, 0.25) is 0 Å². The Morgan fingerprint density at radius 3 is 3.11 bits per heavy atom. The van der Waals surface area contributed by atoms with Gasteiger partial charge >= 0.3 is 5.97 Å². The maximum atomic E-state index is 13.2. The van der Waals surface area contributed by atoms with Crippen LogP contribution in [0, 0.1) is 12.7 Å². The summed E-state index contributed by atoms with van der Waals surface area (Å²) in [6, 6.07) is 4.20. The third-order valence-corrected chi connectivity index (χ3v) is 4.23. The summed E-state index contributed by atoms with van der Waals surface area (Å²) in [4.78, 5) is 13.1. The minimum absolute atomic E-state index is 0.270. The number of rotatable bonds is 3. The summed E-state index contributed by atoms with van der Waals surface area (Å²) in [5.74, 6) is 0.465. The quantitative estimate of drug-likeness (QED) is 0.912. The lowest BCUT2D eigenvalue weighted by molar-refractivity contribution is -0.142. The number of nitrogens with zero attached hydrogens (tertiary/aromatic N) is 1. The third-order valence-electron chi connectivity index (χ3n) is 3.21. The monoisotopic (exact) mass is 269 g/mol. The summed E-state index contributed by atoms with van der Waals surface area (Å²) in [5.41, 5.74) is 1.87. The molecule has 1 aromatic carbocycles. The Hall–Kier alpha value is -1.07. The molecule has 0 saturated carbocycles. The van der Waals surface area contributed by atoms with E-state index in [-0.39, 0.29) is 5.82 Å². The lowest BCUT2D eigenvalue weighted by Crippen LogP contribution is -2.46. The smallest absolute Gasteiger partial charge is 0.321 e. The Labute approximate surface area is 110 Å². The summed E-state index contributed by atoms with van der Waals surface area (Å²) in [6.07, 6.45) is 0. The van der Waals surface area contributed by atoms with E-state index in [1.165, 1.54) is 12.1 Å². The first-order valence-corrected chi connectivity index (χ1v) is 7.03. The summed E-state index contributed by atoms with van der Waals surface area (Å²) < 4.78 is 13.2. The fraction of sp³-hybridized carbons (Fsp3) is 0.462. The van der Waals surface area contributed by atoms with Gasteiger partial charge in [-0.15, -0.1) is 0 Å². The van der Waals surface area contributed by atoms with Gasteiger partial charge in [-0.25, -0.2) is 4.39 Å². The second kappa shape index (κ2) is 5.71. The first-order valence-electron chi connectivity index (χ1n) is 5.87. The van der Waals surface area contributed by atoms with E-state index < -0.39 is 12.0 Å².